The lowest BCUT2D eigenvalue weighted by atomic mass is 9.96. The summed E-state index contributed by atoms with van der Waals surface area (Å²) < 4.78 is 0. The fourth-order valence-electron chi connectivity index (χ4n) is 2.10. The van der Waals surface area contributed by atoms with Crippen LogP contribution in [0.15, 0.2) is 30.5 Å². The predicted molar refractivity (Wildman–Crippen MR) is 69.3 cm³/mol. The van der Waals surface area contributed by atoms with Gasteiger partial charge < -0.3 is 10.7 Å². The average molecular weight is 216 g/mol. The van der Waals surface area contributed by atoms with Crippen molar-refractivity contribution in [1.82, 2.24) is 4.98 Å². The van der Waals surface area contributed by atoms with Crippen molar-refractivity contribution in [2.75, 3.05) is 0 Å². The third-order valence-electron chi connectivity index (χ3n) is 3.08. The van der Waals surface area contributed by atoms with Crippen molar-refractivity contribution in [2.45, 2.75) is 32.7 Å². The number of aromatic nitrogens is 1. The lowest BCUT2D eigenvalue weighted by molar-refractivity contribution is 0.508. The van der Waals surface area contributed by atoms with Crippen LogP contribution < -0.4 is 5.73 Å². The Kier molecular flexibility index (Phi) is 3.30. The lowest BCUT2D eigenvalue weighted by Gasteiger charge is -2.14. The van der Waals surface area contributed by atoms with Gasteiger partial charge in [0.05, 0.1) is 0 Å². The highest BCUT2D eigenvalue weighted by molar-refractivity contribution is 5.83. The van der Waals surface area contributed by atoms with Crippen LogP contribution in [0.1, 0.15) is 38.3 Å². The molecule has 2 rings (SSSR count). The van der Waals surface area contributed by atoms with Gasteiger partial charge in [-0.3, -0.25) is 0 Å². The molecule has 0 fully saturated rings. The van der Waals surface area contributed by atoms with E-state index in [0.717, 1.165) is 12.3 Å². The van der Waals surface area contributed by atoms with Crippen molar-refractivity contribution < 1.29 is 0 Å². The zero-order valence-corrected chi connectivity index (χ0v) is 10.0. The summed E-state index contributed by atoms with van der Waals surface area (Å²) >= 11 is 0. The summed E-state index contributed by atoms with van der Waals surface area (Å²) in [5.41, 5.74) is 8.70. The second kappa shape index (κ2) is 4.71. The van der Waals surface area contributed by atoms with Crippen LogP contribution in [0, 0.1) is 5.92 Å². The third-order valence-corrected chi connectivity index (χ3v) is 3.08. The van der Waals surface area contributed by atoms with E-state index in [-0.39, 0.29) is 6.04 Å². The summed E-state index contributed by atoms with van der Waals surface area (Å²) in [6, 6.07) is 8.57. The summed E-state index contributed by atoms with van der Waals surface area (Å²) in [4.78, 5) is 3.22. The molecule has 1 heterocycles. The van der Waals surface area contributed by atoms with Gasteiger partial charge in [0.15, 0.2) is 0 Å². The van der Waals surface area contributed by atoms with Gasteiger partial charge in [-0.05, 0) is 36.5 Å². The Morgan fingerprint density at radius 3 is 2.75 bits per heavy atom. The first-order chi connectivity index (χ1) is 7.68. The molecule has 0 bridgehead atoms. The molecular formula is C14H20N2. The SMILES string of the molecule is CC(C)CC[C@H](N)c1cccc2[nH]ccc12. The van der Waals surface area contributed by atoms with Gasteiger partial charge >= 0.3 is 0 Å². The van der Waals surface area contributed by atoms with Crippen molar-refractivity contribution in [3.63, 3.8) is 0 Å². The van der Waals surface area contributed by atoms with Crippen molar-refractivity contribution in [1.29, 1.82) is 0 Å². The highest BCUT2D eigenvalue weighted by Crippen LogP contribution is 2.25. The van der Waals surface area contributed by atoms with Crippen LogP contribution in [0.5, 0.6) is 0 Å². The Labute approximate surface area is 96.9 Å². The van der Waals surface area contributed by atoms with Gasteiger partial charge in [0.2, 0.25) is 0 Å². The fraction of sp³-hybridized carbons (Fsp3) is 0.429. The van der Waals surface area contributed by atoms with E-state index in [1.54, 1.807) is 0 Å². The van der Waals surface area contributed by atoms with Gasteiger partial charge in [0.1, 0.15) is 0 Å². The third kappa shape index (κ3) is 2.27. The second-order valence-electron chi connectivity index (χ2n) is 4.86. The van der Waals surface area contributed by atoms with Gasteiger partial charge in [0.25, 0.3) is 0 Å². The van der Waals surface area contributed by atoms with Crippen molar-refractivity contribution in [3.05, 3.63) is 36.0 Å². The molecular weight excluding hydrogens is 196 g/mol. The molecule has 0 unspecified atom stereocenters. The molecule has 1 aromatic heterocycles. The zero-order valence-electron chi connectivity index (χ0n) is 10.0. The summed E-state index contributed by atoms with van der Waals surface area (Å²) in [6.45, 7) is 4.48. The number of fused-ring (bicyclic) bond motifs is 1. The molecule has 0 amide bonds. The van der Waals surface area contributed by atoms with Crippen LogP contribution >= 0.6 is 0 Å². The standard InChI is InChI=1S/C14H20N2/c1-10(2)6-7-13(15)11-4-3-5-14-12(11)8-9-16-14/h3-5,8-10,13,16H,6-7,15H2,1-2H3/t13-/m0/s1. The van der Waals surface area contributed by atoms with Crippen LogP contribution in [0.2, 0.25) is 0 Å². The maximum Gasteiger partial charge on any atom is 0.0457 e. The van der Waals surface area contributed by atoms with Crippen molar-refractivity contribution in [3.8, 4) is 0 Å². The van der Waals surface area contributed by atoms with Crippen LogP contribution in [-0.2, 0) is 0 Å². The first-order valence-electron chi connectivity index (χ1n) is 6.00. The Hall–Kier alpha value is -1.28. The number of hydrogen-bond donors (Lipinski definition) is 2. The minimum Gasteiger partial charge on any atom is -0.361 e. The van der Waals surface area contributed by atoms with E-state index in [0.29, 0.717) is 0 Å². The summed E-state index contributed by atoms with van der Waals surface area (Å²) in [7, 11) is 0. The van der Waals surface area contributed by atoms with Gasteiger partial charge in [-0.15, -0.1) is 0 Å². The van der Waals surface area contributed by atoms with Gasteiger partial charge in [0, 0.05) is 23.1 Å². The minimum absolute atomic E-state index is 0.155. The first kappa shape index (κ1) is 11.2. The Bertz CT molecular complexity index is 456. The minimum atomic E-state index is 0.155. The van der Waals surface area contributed by atoms with E-state index in [9.17, 15) is 0 Å². The van der Waals surface area contributed by atoms with E-state index >= 15 is 0 Å². The molecule has 86 valence electrons. The van der Waals surface area contributed by atoms with Gasteiger partial charge in [-0.2, -0.15) is 0 Å². The lowest BCUT2D eigenvalue weighted by Crippen LogP contribution is -2.11. The topological polar surface area (TPSA) is 41.8 Å². The highest BCUT2D eigenvalue weighted by atomic mass is 14.7. The smallest absolute Gasteiger partial charge is 0.0457 e. The van der Waals surface area contributed by atoms with E-state index in [4.69, 9.17) is 5.73 Å². The molecule has 0 spiro atoms. The summed E-state index contributed by atoms with van der Waals surface area (Å²) in [5.74, 6) is 0.719. The Morgan fingerprint density at radius 1 is 1.19 bits per heavy atom. The maximum atomic E-state index is 6.25. The van der Waals surface area contributed by atoms with Crippen molar-refractivity contribution in [2.24, 2.45) is 11.7 Å². The second-order valence-corrected chi connectivity index (χ2v) is 4.86. The number of H-pyrrole nitrogens is 1. The quantitative estimate of drug-likeness (QED) is 0.805. The molecule has 0 aliphatic heterocycles. The van der Waals surface area contributed by atoms with Gasteiger partial charge in [-0.25, -0.2) is 0 Å². The molecule has 0 saturated heterocycles. The molecule has 2 heteroatoms. The molecule has 0 saturated carbocycles. The molecule has 3 N–H and O–H groups in total. The number of benzene rings is 1. The van der Waals surface area contributed by atoms with Crippen molar-refractivity contribution >= 4 is 10.9 Å². The fourth-order valence-corrected chi connectivity index (χ4v) is 2.10. The van der Waals surface area contributed by atoms with E-state index in [2.05, 4.69) is 43.1 Å². The zero-order chi connectivity index (χ0) is 11.5. The van der Waals surface area contributed by atoms with Crippen LogP contribution in [-0.4, -0.2) is 4.98 Å². The Morgan fingerprint density at radius 2 is 2.00 bits per heavy atom. The molecule has 1 aromatic carbocycles. The van der Waals surface area contributed by atoms with E-state index in [1.807, 2.05) is 6.20 Å². The molecule has 1 atom stereocenters. The maximum absolute atomic E-state index is 6.25. The first-order valence-corrected chi connectivity index (χ1v) is 6.00. The Balaban J connectivity index is 2.22. The highest BCUT2D eigenvalue weighted by Gasteiger charge is 2.10. The molecule has 16 heavy (non-hydrogen) atoms. The number of nitrogens with one attached hydrogen (secondary N) is 1. The van der Waals surface area contributed by atoms with Crippen LogP contribution in [0.3, 0.4) is 0 Å². The molecule has 0 aliphatic rings. The number of hydrogen-bond acceptors (Lipinski definition) is 1. The normalized spacial score (nSPS) is 13.5. The van der Waals surface area contributed by atoms with E-state index in [1.165, 1.54) is 22.9 Å². The number of rotatable bonds is 4. The molecule has 2 nitrogen and oxygen atoms in total. The summed E-state index contributed by atoms with van der Waals surface area (Å²) in [6.07, 6.45) is 4.22. The van der Waals surface area contributed by atoms with Gasteiger partial charge in [-0.1, -0.05) is 26.0 Å². The summed E-state index contributed by atoms with van der Waals surface area (Å²) in [5, 5.41) is 1.26. The monoisotopic (exact) mass is 216 g/mol. The largest absolute Gasteiger partial charge is 0.361 e. The number of nitrogens with two attached hydrogens (primary N) is 1. The molecule has 0 aliphatic carbocycles. The number of aromatic amines is 1. The molecule has 2 aromatic rings. The average Bonchev–Trinajstić information content (AvgIpc) is 2.73. The van der Waals surface area contributed by atoms with Crippen LogP contribution in [0.25, 0.3) is 10.9 Å². The predicted octanol–water partition coefficient (Wildman–Crippen LogP) is 3.60. The van der Waals surface area contributed by atoms with E-state index < -0.39 is 0 Å². The van der Waals surface area contributed by atoms with Crippen LogP contribution in [0.4, 0.5) is 0 Å². The molecule has 0 radical (unpaired) electrons.